The Morgan fingerprint density at radius 2 is 1.63 bits per heavy atom. The van der Waals surface area contributed by atoms with E-state index in [1.165, 1.54) is 6.07 Å². The van der Waals surface area contributed by atoms with Crippen LogP contribution < -0.4 is 5.73 Å². The Hall–Kier alpha value is -1.14. The average Bonchev–Trinajstić information content (AvgIpc) is 2.32. The highest BCUT2D eigenvalue weighted by molar-refractivity contribution is 9.10. The van der Waals surface area contributed by atoms with Crippen LogP contribution in [0.15, 0.2) is 39.7 Å². The lowest BCUT2D eigenvalue weighted by Gasteiger charge is -2.06. The molecule has 0 radical (unpaired) electrons. The van der Waals surface area contributed by atoms with Gasteiger partial charge in [-0.25, -0.2) is 13.2 Å². The van der Waals surface area contributed by atoms with E-state index in [4.69, 9.17) is 5.73 Å². The van der Waals surface area contributed by atoms with Gasteiger partial charge in [0.05, 0.1) is 9.37 Å². The summed E-state index contributed by atoms with van der Waals surface area (Å²) in [6.45, 7) is 0. The van der Waals surface area contributed by atoms with Crippen molar-refractivity contribution in [3.05, 3.63) is 57.8 Å². The Morgan fingerprint density at radius 1 is 1.00 bits per heavy atom. The van der Waals surface area contributed by atoms with Crippen LogP contribution in [0.4, 0.5) is 18.9 Å². The highest BCUT2D eigenvalue weighted by atomic mass is 79.9. The summed E-state index contributed by atoms with van der Waals surface area (Å²) in [5.74, 6) is -1.43. The topological polar surface area (TPSA) is 26.0 Å². The third-order valence-electron chi connectivity index (χ3n) is 2.39. The summed E-state index contributed by atoms with van der Waals surface area (Å²) < 4.78 is 40.5. The zero-order valence-corrected chi connectivity index (χ0v) is 12.0. The number of rotatable bonds is 3. The van der Waals surface area contributed by atoms with E-state index in [9.17, 15) is 13.2 Å². The van der Waals surface area contributed by atoms with Gasteiger partial charge in [-0.3, -0.25) is 0 Å². The first-order valence-corrected chi connectivity index (χ1v) is 7.06. The maximum absolute atomic E-state index is 13.5. The average molecular weight is 348 g/mol. The van der Waals surface area contributed by atoms with E-state index >= 15 is 0 Å². The molecule has 0 saturated carbocycles. The van der Waals surface area contributed by atoms with Gasteiger partial charge in [-0.2, -0.15) is 0 Å². The minimum Gasteiger partial charge on any atom is -0.399 e. The van der Waals surface area contributed by atoms with Gasteiger partial charge >= 0.3 is 0 Å². The van der Waals surface area contributed by atoms with E-state index < -0.39 is 11.6 Å². The summed E-state index contributed by atoms with van der Waals surface area (Å²) >= 11 is 4.06. The molecule has 0 aliphatic rings. The third-order valence-corrected chi connectivity index (χ3v) is 4.15. The zero-order chi connectivity index (χ0) is 14.0. The molecule has 1 nitrogen and oxygen atoms in total. The highest BCUT2D eigenvalue weighted by Gasteiger charge is 2.11. The molecule has 0 aromatic heterocycles. The fraction of sp³-hybridized carbons (Fsp3) is 0.0769. The molecule has 19 heavy (non-hydrogen) atoms. The van der Waals surface area contributed by atoms with Crippen LogP contribution in [0, 0.1) is 17.5 Å². The molecule has 2 rings (SSSR count). The van der Waals surface area contributed by atoms with Gasteiger partial charge in [0.25, 0.3) is 0 Å². The molecule has 0 spiro atoms. The number of nitrogens with two attached hydrogens (primary N) is 1. The smallest absolute Gasteiger partial charge is 0.141 e. The minimum absolute atomic E-state index is 0.0453. The molecule has 6 heteroatoms. The third kappa shape index (κ3) is 3.45. The van der Waals surface area contributed by atoms with Crippen molar-refractivity contribution in [3.8, 4) is 0 Å². The summed E-state index contributed by atoms with van der Waals surface area (Å²) in [6.07, 6.45) is 0. The SMILES string of the molecule is Nc1cc(F)c(SCc2ccc(F)c(Br)c2)c(F)c1. The summed E-state index contributed by atoms with van der Waals surface area (Å²) in [6, 6.07) is 6.60. The van der Waals surface area contributed by atoms with Gasteiger partial charge in [0.15, 0.2) is 0 Å². The molecular weight excluding hydrogens is 339 g/mol. The number of nitrogen functional groups attached to an aromatic ring is 1. The highest BCUT2D eigenvalue weighted by Crippen LogP contribution is 2.30. The van der Waals surface area contributed by atoms with E-state index in [0.717, 1.165) is 29.5 Å². The van der Waals surface area contributed by atoms with E-state index in [2.05, 4.69) is 15.9 Å². The Balaban J connectivity index is 2.16. The molecule has 0 aliphatic carbocycles. The van der Waals surface area contributed by atoms with Gasteiger partial charge in [0.2, 0.25) is 0 Å². The zero-order valence-electron chi connectivity index (χ0n) is 9.59. The van der Waals surface area contributed by atoms with Crippen molar-refractivity contribution in [3.63, 3.8) is 0 Å². The van der Waals surface area contributed by atoms with Crippen molar-refractivity contribution in [2.24, 2.45) is 0 Å². The molecule has 0 heterocycles. The van der Waals surface area contributed by atoms with Gasteiger partial charge < -0.3 is 5.73 Å². The molecule has 0 aliphatic heterocycles. The second kappa shape index (κ2) is 5.88. The summed E-state index contributed by atoms with van der Waals surface area (Å²) in [7, 11) is 0. The van der Waals surface area contributed by atoms with Crippen LogP contribution in [-0.2, 0) is 5.75 Å². The lowest BCUT2D eigenvalue weighted by molar-refractivity contribution is 0.542. The number of halogens is 4. The van der Waals surface area contributed by atoms with Gasteiger partial charge in [0, 0.05) is 11.4 Å². The van der Waals surface area contributed by atoms with Crippen molar-refractivity contribution in [2.75, 3.05) is 5.73 Å². The van der Waals surface area contributed by atoms with Gasteiger partial charge in [-0.1, -0.05) is 6.07 Å². The number of benzene rings is 2. The van der Waals surface area contributed by atoms with Crippen LogP contribution in [0.1, 0.15) is 5.56 Å². The number of anilines is 1. The molecule has 2 aromatic rings. The molecule has 0 amide bonds. The van der Waals surface area contributed by atoms with Crippen LogP contribution in [-0.4, -0.2) is 0 Å². The monoisotopic (exact) mass is 347 g/mol. The van der Waals surface area contributed by atoms with Crippen molar-refractivity contribution in [2.45, 2.75) is 10.6 Å². The first kappa shape index (κ1) is 14.3. The van der Waals surface area contributed by atoms with Crippen molar-refractivity contribution in [1.82, 2.24) is 0 Å². The predicted octanol–water partition coefficient (Wildman–Crippen LogP) is 4.74. The largest absolute Gasteiger partial charge is 0.399 e. The van der Waals surface area contributed by atoms with Crippen LogP contribution >= 0.6 is 27.7 Å². The lowest BCUT2D eigenvalue weighted by atomic mass is 10.2. The summed E-state index contributed by atoms with van der Waals surface area (Å²) in [5.41, 5.74) is 6.14. The maximum Gasteiger partial charge on any atom is 0.141 e. The second-order valence-corrected chi connectivity index (χ2v) is 5.69. The number of hydrogen-bond acceptors (Lipinski definition) is 2. The van der Waals surface area contributed by atoms with Crippen LogP contribution in [0.25, 0.3) is 0 Å². The molecule has 0 unspecified atom stereocenters. The minimum atomic E-state index is -0.691. The quantitative estimate of drug-likeness (QED) is 0.640. The lowest BCUT2D eigenvalue weighted by Crippen LogP contribution is -1.94. The molecule has 0 saturated heterocycles. The van der Waals surface area contributed by atoms with E-state index in [-0.39, 0.29) is 16.4 Å². The molecule has 100 valence electrons. The normalized spacial score (nSPS) is 10.7. The number of thioether (sulfide) groups is 1. The standard InChI is InChI=1S/C13H9BrF3NS/c14-9-3-7(1-2-10(9)15)6-19-13-11(16)4-8(18)5-12(13)17/h1-5H,6,18H2. The molecule has 0 bridgehead atoms. The summed E-state index contributed by atoms with van der Waals surface area (Å²) in [4.78, 5) is -0.0883. The van der Waals surface area contributed by atoms with Crippen LogP contribution in [0.2, 0.25) is 0 Å². The second-order valence-electron chi connectivity index (χ2n) is 3.85. The molecule has 2 N–H and O–H groups in total. The molecular formula is C13H9BrF3NS. The van der Waals surface area contributed by atoms with Crippen molar-refractivity contribution >= 4 is 33.4 Å². The van der Waals surface area contributed by atoms with Gasteiger partial charge in [-0.15, -0.1) is 11.8 Å². The van der Waals surface area contributed by atoms with E-state index in [1.54, 1.807) is 12.1 Å². The first-order chi connectivity index (χ1) is 8.97. The molecule has 0 atom stereocenters. The Labute approximate surface area is 121 Å². The van der Waals surface area contributed by atoms with Crippen molar-refractivity contribution < 1.29 is 13.2 Å². The number of hydrogen-bond donors (Lipinski definition) is 1. The van der Waals surface area contributed by atoms with Crippen molar-refractivity contribution in [1.29, 1.82) is 0 Å². The van der Waals surface area contributed by atoms with Crippen LogP contribution in [0.5, 0.6) is 0 Å². The summed E-state index contributed by atoms with van der Waals surface area (Å²) in [5, 5.41) is 0. The fourth-order valence-corrected chi connectivity index (χ4v) is 2.81. The van der Waals surface area contributed by atoms with Crippen LogP contribution in [0.3, 0.4) is 0 Å². The Morgan fingerprint density at radius 3 is 2.21 bits per heavy atom. The maximum atomic E-state index is 13.5. The van der Waals surface area contributed by atoms with E-state index in [1.807, 2.05) is 0 Å². The van der Waals surface area contributed by atoms with Gasteiger partial charge in [-0.05, 0) is 45.8 Å². The van der Waals surface area contributed by atoms with Gasteiger partial charge in [0.1, 0.15) is 17.5 Å². The molecule has 2 aromatic carbocycles. The fourth-order valence-electron chi connectivity index (χ4n) is 1.50. The first-order valence-electron chi connectivity index (χ1n) is 5.28. The molecule has 0 fully saturated rings. The Bertz CT molecular complexity index is 596. The predicted molar refractivity (Wildman–Crippen MR) is 74.4 cm³/mol. The Kier molecular flexibility index (Phi) is 4.42. The van der Waals surface area contributed by atoms with E-state index in [0.29, 0.717) is 10.2 Å².